The molecule has 6 nitrogen and oxygen atoms in total. The molecule has 3 amide bonds. The van der Waals surface area contributed by atoms with Crippen LogP contribution in [0.4, 0.5) is 5.69 Å². The molecule has 0 radical (unpaired) electrons. The zero-order valence-electron chi connectivity index (χ0n) is 17.7. The first-order chi connectivity index (χ1) is 13.9. The van der Waals surface area contributed by atoms with Gasteiger partial charge in [-0.2, -0.15) is 0 Å². The molecule has 0 spiro atoms. The predicted molar refractivity (Wildman–Crippen MR) is 111 cm³/mol. The van der Waals surface area contributed by atoms with E-state index in [-0.39, 0.29) is 29.6 Å². The number of fused-ring (bicyclic) bond motifs is 1. The van der Waals surface area contributed by atoms with E-state index < -0.39 is 6.04 Å². The molecule has 1 saturated carbocycles. The van der Waals surface area contributed by atoms with Crippen molar-refractivity contribution >= 4 is 23.4 Å². The van der Waals surface area contributed by atoms with Crippen LogP contribution in [0.3, 0.4) is 0 Å². The van der Waals surface area contributed by atoms with Gasteiger partial charge >= 0.3 is 0 Å². The van der Waals surface area contributed by atoms with E-state index in [1.54, 1.807) is 6.92 Å². The van der Waals surface area contributed by atoms with Gasteiger partial charge < -0.3 is 9.80 Å². The van der Waals surface area contributed by atoms with Crippen molar-refractivity contribution in [1.82, 2.24) is 9.80 Å². The van der Waals surface area contributed by atoms with Crippen LogP contribution in [0.15, 0.2) is 18.2 Å². The van der Waals surface area contributed by atoms with Gasteiger partial charge in [0, 0.05) is 31.9 Å². The van der Waals surface area contributed by atoms with E-state index in [1.165, 1.54) is 21.7 Å². The fourth-order valence-corrected chi connectivity index (χ4v) is 5.19. The molecule has 1 aromatic carbocycles. The molecule has 2 aliphatic heterocycles. The van der Waals surface area contributed by atoms with Crippen LogP contribution >= 0.6 is 0 Å². The van der Waals surface area contributed by atoms with Crippen LogP contribution in [0.2, 0.25) is 0 Å². The molecule has 6 heteroatoms. The average molecular weight is 398 g/mol. The number of piperazine rings is 1. The lowest BCUT2D eigenvalue weighted by Crippen LogP contribution is -2.55. The first kappa shape index (κ1) is 19.9. The molecule has 1 aromatic rings. The highest BCUT2D eigenvalue weighted by Gasteiger charge is 2.51. The van der Waals surface area contributed by atoms with Crippen molar-refractivity contribution in [3.05, 3.63) is 29.3 Å². The molecule has 4 rings (SSSR count). The molecule has 3 aliphatic rings. The first-order valence-corrected chi connectivity index (χ1v) is 10.9. The fraction of sp³-hybridized carbons (Fsp3) is 0.609. The zero-order valence-corrected chi connectivity index (χ0v) is 17.7. The quantitative estimate of drug-likeness (QED) is 0.736. The lowest BCUT2D eigenvalue weighted by molar-refractivity contribution is -0.151. The van der Waals surface area contributed by atoms with Gasteiger partial charge in [-0.1, -0.05) is 25.0 Å². The van der Waals surface area contributed by atoms with Gasteiger partial charge in [0.2, 0.25) is 17.7 Å². The summed E-state index contributed by atoms with van der Waals surface area (Å²) in [6.45, 7) is 8.70. The maximum Gasteiger partial charge on any atom is 0.245 e. The summed E-state index contributed by atoms with van der Waals surface area (Å²) < 4.78 is 0. The van der Waals surface area contributed by atoms with E-state index in [2.05, 4.69) is 36.9 Å². The van der Waals surface area contributed by atoms with Gasteiger partial charge in [-0.25, -0.2) is 0 Å². The number of aryl methyl sites for hydroxylation is 1. The predicted octanol–water partition coefficient (Wildman–Crippen LogP) is 2.52. The van der Waals surface area contributed by atoms with Gasteiger partial charge in [-0.3, -0.25) is 19.3 Å². The fourth-order valence-electron chi connectivity index (χ4n) is 5.19. The Balaban J connectivity index is 1.41. The highest BCUT2D eigenvalue weighted by atomic mass is 16.2. The van der Waals surface area contributed by atoms with E-state index in [9.17, 15) is 14.4 Å². The summed E-state index contributed by atoms with van der Waals surface area (Å²) in [4.78, 5) is 44.1. The maximum absolute atomic E-state index is 13.1. The van der Waals surface area contributed by atoms with Crippen molar-refractivity contribution in [1.29, 1.82) is 0 Å². The third kappa shape index (κ3) is 3.43. The summed E-state index contributed by atoms with van der Waals surface area (Å²) in [7, 11) is 0. The van der Waals surface area contributed by atoms with Gasteiger partial charge in [0.25, 0.3) is 0 Å². The molecular formula is C23H31N3O3. The molecular weight excluding hydrogens is 366 g/mol. The summed E-state index contributed by atoms with van der Waals surface area (Å²) in [6.07, 6.45) is 3.55. The third-order valence-corrected chi connectivity index (χ3v) is 7.13. The van der Waals surface area contributed by atoms with Crippen LogP contribution in [-0.2, 0) is 14.4 Å². The van der Waals surface area contributed by atoms with Crippen molar-refractivity contribution in [3.63, 3.8) is 0 Å². The Hall–Kier alpha value is -2.37. The van der Waals surface area contributed by atoms with Gasteiger partial charge in [-0.15, -0.1) is 0 Å². The van der Waals surface area contributed by atoms with Crippen LogP contribution in [0.5, 0.6) is 0 Å². The number of imide groups is 1. The first-order valence-electron chi connectivity index (χ1n) is 10.9. The number of benzene rings is 1. The van der Waals surface area contributed by atoms with Crippen LogP contribution < -0.4 is 4.90 Å². The SMILES string of the molecule is Cc1cccc(N2CCN(C(=O)[C@H](C)N3C(=O)C4CCCCC4C3=O)CC2)c1C. The topological polar surface area (TPSA) is 60.9 Å². The zero-order chi connectivity index (χ0) is 20.7. The van der Waals surface area contributed by atoms with E-state index in [0.717, 1.165) is 38.8 Å². The number of nitrogens with zero attached hydrogens (tertiary/aromatic N) is 3. The summed E-state index contributed by atoms with van der Waals surface area (Å²) in [5, 5.41) is 0. The highest BCUT2D eigenvalue weighted by molar-refractivity contribution is 6.08. The molecule has 2 saturated heterocycles. The highest BCUT2D eigenvalue weighted by Crippen LogP contribution is 2.39. The standard InChI is InChI=1S/C23H31N3O3/c1-15-7-6-10-20(16(15)2)24-11-13-25(14-12-24)21(27)17(3)26-22(28)18-8-4-5-9-19(18)23(26)29/h6-7,10,17-19H,4-5,8-9,11-14H2,1-3H3/t17-,18?,19?/m0/s1. The Kier molecular flexibility index (Phi) is 5.36. The van der Waals surface area contributed by atoms with Crippen molar-refractivity contribution < 1.29 is 14.4 Å². The van der Waals surface area contributed by atoms with E-state index in [1.807, 2.05) is 4.90 Å². The average Bonchev–Trinajstić information content (AvgIpc) is 3.00. The Labute approximate surface area is 172 Å². The van der Waals surface area contributed by atoms with E-state index >= 15 is 0 Å². The molecule has 29 heavy (non-hydrogen) atoms. The Bertz CT molecular complexity index is 805. The number of carbonyl (C=O) groups excluding carboxylic acids is 3. The number of likely N-dealkylation sites (tertiary alicyclic amines) is 1. The Morgan fingerprint density at radius 2 is 1.55 bits per heavy atom. The number of hydrogen-bond acceptors (Lipinski definition) is 4. The molecule has 0 bridgehead atoms. The summed E-state index contributed by atoms with van der Waals surface area (Å²) in [5.41, 5.74) is 3.76. The van der Waals surface area contributed by atoms with Crippen LogP contribution in [0.25, 0.3) is 0 Å². The summed E-state index contributed by atoms with van der Waals surface area (Å²) >= 11 is 0. The number of rotatable bonds is 3. The molecule has 3 atom stereocenters. The van der Waals surface area contributed by atoms with E-state index in [4.69, 9.17) is 0 Å². The normalized spacial score (nSPS) is 26.0. The van der Waals surface area contributed by atoms with Crippen LogP contribution in [-0.4, -0.2) is 59.7 Å². The molecule has 3 fully saturated rings. The van der Waals surface area contributed by atoms with Crippen LogP contribution in [0, 0.1) is 25.7 Å². The molecule has 0 aromatic heterocycles. The van der Waals surface area contributed by atoms with Crippen LogP contribution in [0.1, 0.15) is 43.7 Å². The molecule has 2 heterocycles. The number of amides is 3. The Morgan fingerprint density at radius 1 is 0.966 bits per heavy atom. The van der Waals surface area contributed by atoms with Crippen molar-refractivity contribution in [3.8, 4) is 0 Å². The minimum Gasteiger partial charge on any atom is -0.368 e. The molecule has 2 unspecified atom stereocenters. The molecule has 0 N–H and O–H groups in total. The summed E-state index contributed by atoms with van der Waals surface area (Å²) in [5.74, 6) is -0.768. The second-order valence-corrected chi connectivity index (χ2v) is 8.75. The van der Waals surface area contributed by atoms with Gasteiger partial charge in [0.05, 0.1) is 11.8 Å². The lowest BCUT2D eigenvalue weighted by Gasteiger charge is -2.38. The van der Waals surface area contributed by atoms with Crippen molar-refractivity contribution in [2.75, 3.05) is 31.1 Å². The Morgan fingerprint density at radius 3 is 2.14 bits per heavy atom. The van der Waals surface area contributed by atoms with Gasteiger partial charge in [-0.05, 0) is 50.8 Å². The minimum absolute atomic E-state index is 0.106. The van der Waals surface area contributed by atoms with Gasteiger partial charge in [0.1, 0.15) is 6.04 Å². The lowest BCUT2D eigenvalue weighted by atomic mass is 9.81. The second-order valence-electron chi connectivity index (χ2n) is 8.75. The minimum atomic E-state index is -0.701. The molecule has 156 valence electrons. The smallest absolute Gasteiger partial charge is 0.245 e. The second kappa shape index (κ2) is 7.81. The van der Waals surface area contributed by atoms with Gasteiger partial charge in [0.15, 0.2) is 0 Å². The number of anilines is 1. The van der Waals surface area contributed by atoms with Crippen molar-refractivity contribution in [2.24, 2.45) is 11.8 Å². The number of hydrogen-bond donors (Lipinski definition) is 0. The third-order valence-electron chi connectivity index (χ3n) is 7.13. The van der Waals surface area contributed by atoms with E-state index in [0.29, 0.717) is 13.1 Å². The largest absolute Gasteiger partial charge is 0.368 e. The monoisotopic (exact) mass is 397 g/mol. The molecule has 1 aliphatic carbocycles. The summed E-state index contributed by atoms with van der Waals surface area (Å²) in [6, 6.07) is 5.61. The maximum atomic E-state index is 13.1. The number of carbonyl (C=O) groups is 3. The van der Waals surface area contributed by atoms with Crippen molar-refractivity contribution in [2.45, 2.75) is 52.5 Å².